The predicted octanol–water partition coefficient (Wildman–Crippen LogP) is 4.34. The molecule has 0 aliphatic rings. The van der Waals surface area contributed by atoms with E-state index in [0.717, 1.165) is 25.2 Å². The summed E-state index contributed by atoms with van der Waals surface area (Å²) in [6.07, 6.45) is 3.55. The first-order valence-electron chi connectivity index (χ1n) is 9.53. The van der Waals surface area contributed by atoms with E-state index in [-0.39, 0.29) is 11.8 Å². The molecule has 3 N–H and O–H groups in total. The van der Waals surface area contributed by atoms with Gasteiger partial charge < -0.3 is 16.0 Å². The van der Waals surface area contributed by atoms with Crippen LogP contribution in [0.15, 0.2) is 72.9 Å². The second kappa shape index (κ2) is 10.0. The number of hydrogen-bond acceptors (Lipinski definition) is 4. The summed E-state index contributed by atoms with van der Waals surface area (Å²) in [5, 5.41) is 8.77. The third-order valence-electron chi connectivity index (χ3n) is 4.26. The Morgan fingerprint density at radius 3 is 2.34 bits per heavy atom. The smallest absolute Gasteiger partial charge is 0.257 e. The fraction of sp³-hybridized carbons (Fsp3) is 0.174. The van der Waals surface area contributed by atoms with E-state index in [9.17, 15) is 9.59 Å². The number of pyridine rings is 1. The lowest BCUT2D eigenvalue weighted by atomic mass is 10.1. The number of aromatic nitrogens is 1. The van der Waals surface area contributed by atoms with Crippen molar-refractivity contribution in [3.8, 4) is 0 Å². The average molecular weight is 388 g/mol. The van der Waals surface area contributed by atoms with Crippen LogP contribution in [0.4, 0.5) is 17.2 Å². The number of anilines is 3. The molecule has 1 heterocycles. The van der Waals surface area contributed by atoms with Gasteiger partial charge in [0.2, 0.25) is 5.91 Å². The lowest BCUT2D eigenvalue weighted by Crippen LogP contribution is -2.13. The van der Waals surface area contributed by atoms with Crippen LogP contribution in [0.1, 0.15) is 29.3 Å². The maximum Gasteiger partial charge on any atom is 0.257 e. The van der Waals surface area contributed by atoms with Crippen LogP contribution in [-0.4, -0.2) is 23.3 Å². The van der Waals surface area contributed by atoms with Crippen LogP contribution in [0.5, 0.6) is 0 Å². The lowest BCUT2D eigenvalue weighted by molar-refractivity contribution is -0.114. The first-order chi connectivity index (χ1) is 14.1. The summed E-state index contributed by atoms with van der Waals surface area (Å²) in [6.45, 7) is 2.25. The normalized spacial score (nSPS) is 10.2. The first-order valence-corrected chi connectivity index (χ1v) is 9.53. The largest absolute Gasteiger partial charge is 0.370 e. The fourth-order valence-electron chi connectivity index (χ4n) is 2.87. The van der Waals surface area contributed by atoms with Gasteiger partial charge in [-0.25, -0.2) is 4.98 Å². The summed E-state index contributed by atoms with van der Waals surface area (Å²) in [5.74, 6) is 0.319. The molecule has 3 aromatic rings. The van der Waals surface area contributed by atoms with E-state index in [0.29, 0.717) is 16.9 Å². The summed E-state index contributed by atoms with van der Waals surface area (Å²) in [6, 6.07) is 20.9. The summed E-state index contributed by atoms with van der Waals surface area (Å²) in [5.41, 5.74) is 3.01. The van der Waals surface area contributed by atoms with Gasteiger partial charge in [0, 0.05) is 31.0 Å². The molecule has 0 aliphatic heterocycles. The molecule has 148 valence electrons. The van der Waals surface area contributed by atoms with Gasteiger partial charge in [0.25, 0.3) is 5.91 Å². The molecule has 0 spiro atoms. The van der Waals surface area contributed by atoms with Gasteiger partial charge in [-0.2, -0.15) is 0 Å². The number of carbonyl (C=O) groups excluding carboxylic acids is 2. The summed E-state index contributed by atoms with van der Waals surface area (Å²) in [4.78, 5) is 27.9. The second-order valence-corrected chi connectivity index (χ2v) is 6.66. The van der Waals surface area contributed by atoms with E-state index in [1.165, 1.54) is 12.5 Å². The molecule has 29 heavy (non-hydrogen) atoms. The number of hydrogen-bond donors (Lipinski definition) is 3. The zero-order chi connectivity index (χ0) is 20.5. The second-order valence-electron chi connectivity index (χ2n) is 6.66. The van der Waals surface area contributed by atoms with Crippen LogP contribution >= 0.6 is 0 Å². The summed E-state index contributed by atoms with van der Waals surface area (Å²) in [7, 11) is 0. The van der Waals surface area contributed by atoms with E-state index in [4.69, 9.17) is 0 Å². The number of nitrogens with zero attached hydrogens (tertiary/aromatic N) is 1. The first kappa shape index (κ1) is 20.1. The van der Waals surface area contributed by atoms with Crippen molar-refractivity contribution in [2.45, 2.75) is 19.8 Å². The number of benzene rings is 2. The van der Waals surface area contributed by atoms with Crippen LogP contribution < -0.4 is 16.0 Å². The Hall–Kier alpha value is -3.67. The van der Waals surface area contributed by atoms with Gasteiger partial charge in [-0.05, 0) is 48.7 Å². The highest BCUT2D eigenvalue weighted by Crippen LogP contribution is 2.16. The molecule has 2 aromatic carbocycles. The highest BCUT2D eigenvalue weighted by atomic mass is 16.2. The van der Waals surface area contributed by atoms with Crippen molar-refractivity contribution in [3.05, 3.63) is 84.1 Å². The number of amides is 2. The Kier molecular flexibility index (Phi) is 6.95. The number of rotatable bonds is 8. The highest BCUT2D eigenvalue weighted by Gasteiger charge is 2.07. The Morgan fingerprint density at radius 1 is 0.897 bits per heavy atom. The Labute approximate surface area is 170 Å². The topological polar surface area (TPSA) is 83.1 Å². The van der Waals surface area contributed by atoms with E-state index in [1.54, 1.807) is 42.6 Å². The van der Waals surface area contributed by atoms with Gasteiger partial charge in [0.05, 0.1) is 5.56 Å². The molecule has 0 saturated carbocycles. The fourth-order valence-corrected chi connectivity index (χ4v) is 2.87. The highest BCUT2D eigenvalue weighted by molar-refractivity contribution is 6.04. The van der Waals surface area contributed by atoms with Gasteiger partial charge in [-0.15, -0.1) is 0 Å². The third kappa shape index (κ3) is 6.46. The molecule has 0 aliphatic carbocycles. The lowest BCUT2D eigenvalue weighted by Gasteiger charge is -2.09. The molecular weight excluding hydrogens is 364 g/mol. The molecule has 1 aromatic heterocycles. The van der Waals surface area contributed by atoms with Crippen molar-refractivity contribution in [1.82, 2.24) is 4.98 Å². The standard InChI is InChI=1S/C23H24N4O2/c1-17(28)26-20-10-5-11-21(15-20)27-23(29)19-12-13-22(25-16-19)24-14-6-9-18-7-3-2-4-8-18/h2-5,7-8,10-13,15-16H,6,9,14H2,1H3,(H,24,25)(H,26,28)(H,27,29). The molecule has 0 fully saturated rings. The summed E-state index contributed by atoms with van der Waals surface area (Å²) >= 11 is 0. The van der Waals surface area contributed by atoms with Crippen LogP contribution in [0.3, 0.4) is 0 Å². The molecule has 6 heteroatoms. The summed E-state index contributed by atoms with van der Waals surface area (Å²) < 4.78 is 0. The minimum Gasteiger partial charge on any atom is -0.370 e. The van der Waals surface area contributed by atoms with Crippen molar-refractivity contribution < 1.29 is 9.59 Å². The van der Waals surface area contributed by atoms with Crippen molar-refractivity contribution in [2.24, 2.45) is 0 Å². The van der Waals surface area contributed by atoms with Crippen LogP contribution in [0.25, 0.3) is 0 Å². The number of nitrogens with one attached hydrogen (secondary N) is 3. The SMILES string of the molecule is CC(=O)Nc1cccc(NC(=O)c2ccc(NCCCc3ccccc3)nc2)c1. The molecule has 3 rings (SSSR count). The Morgan fingerprint density at radius 2 is 1.66 bits per heavy atom. The molecular formula is C23H24N4O2. The van der Waals surface area contributed by atoms with Crippen molar-refractivity contribution >= 4 is 29.0 Å². The van der Waals surface area contributed by atoms with Gasteiger partial charge >= 0.3 is 0 Å². The molecule has 0 radical (unpaired) electrons. The number of carbonyl (C=O) groups is 2. The van der Waals surface area contributed by atoms with E-state index >= 15 is 0 Å². The van der Waals surface area contributed by atoms with E-state index < -0.39 is 0 Å². The maximum atomic E-state index is 12.4. The minimum absolute atomic E-state index is 0.162. The number of aryl methyl sites for hydroxylation is 1. The predicted molar refractivity (Wildman–Crippen MR) is 116 cm³/mol. The molecule has 6 nitrogen and oxygen atoms in total. The zero-order valence-electron chi connectivity index (χ0n) is 16.3. The van der Waals surface area contributed by atoms with Gasteiger partial charge in [-0.3, -0.25) is 9.59 Å². The average Bonchev–Trinajstić information content (AvgIpc) is 2.72. The van der Waals surface area contributed by atoms with Crippen molar-refractivity contribution in [1.29, 1.82) is 0 Å². The Bertz CT molecular complexity index is 956. The zero-order valence-corrected chi connectivity index (χ0v) is 16.3. The van der Waals surface area contributed by atoms with E-state index in [1.807, 2.05) is 18.2 Å². The van der Waals surface area contributed by atoms with Gasteiger partial charge in [0.1, 0.15) is 5.82 Å². The van der Waals surface area contributed by atoms with Gasteiger partial charge in [-0.1, -0.05) is 36.4 Å². The molecule has 0 saturated heterocycles. The molecule has 0 atom stereocenters. The maximum absolute atomic E-state index is 12.4. The molecule has 0 bridgehead atoms. The molecule has 2 amide bonds. The van der Waals surface area contributed by atoms with E-state index in [2.05, 4.69) is 33.1 Å². The van der Waals surface area contributed by atoms with Crippen LogP contribution in [0, 0.1) is 0 Å². The minimum atomic E-state index is -0.256. The monoisotopic (exact) mass is 388 g/mol. The van der Waals surface area contributed by atoms with Crippen LogP contribution in [-0.2, 0) is 11.2 Å². The van der Waals surface area contributed by atoms with Crippen molar-refractivity contribution in [3.63, 3.8) is 0 Å². The quantitative estimate of drug-likeness (QED) is 0.501. The van der Waals surface area contributed by atoms with Gasteiger partial charge in [0.15, 0.2) is 0 Å². The Balaban J connectivity index is 1.49. The molecule has 0 unspecified atom stereocenters. The van der Waals surface area contributed by atoms with Crippen molar-refractivity contribution in [2.75, 3.05) is 22.5 Å². The van der Waals surface area contributed by atoms with Crippen LogP contribution in [0.2, 0.25) is 0 Å². The third-order valence-corrected chi connectivity index (χ3v) is 4.26.